The summed E-state index contributed by atoms with van der Waals surface area (Å²) >= 11 is 0. The zero-order valence-corrected chi connectivity index (χ0v) is 13.3. The Labute approximate surface area is 141 Å². The molecule has 1 heterocycles. The molecule has 25 heavy (non-hydrogen) atoms. The molecule has 132 valence electrons. The highest BCUT2D eigenvalue weighted by molar-refractivity contribution is 5.62. The Hall–Kier alpha value is -2.37. The smallest absolute Gasteiger partial charge is 0.432 e. The molecule has 0 amide bonds. The van der Waals surface area contributed by atoms with Crippen molar-refractivity contribution >= 4 is 6.08 Å². The summed E-state index contributed by atoms with van der Waals surface area (Å²) in [5.41, 5.74) is -0.641. The summed E-state index contributed by atoms with van der Waals surface area (Å²) in [6, 6.07) is 8.41. The van der Waals surface area contributed by atoms with Crippen molar-refractivity contribution in [1.29, 1.82) is 0 Å². The van der Waals surface area contributed by atoms with Crippen molar-refractivity contribution in [3.8, 4) is 5.75 Å². The predicted octanol–water partition coefficient (Wildman–Crippen LogP) is 5.67. The summed E-state index contributed by atoms with van der Waals surface area (Å²) in [7, 11) is 0. The van der Waals surface area contributed by atoms with Crippen molar-refractivity contribution in [2.75, 3.05) is 0 Å². The maximum atomic E-state index is 13.4. The molecule has 2 aromatic carbocycles. The molecule has 0 radical (unpaired) electrons. The molecule has 0 N–H and O–H groups in total. The van der Waals surface area contributed by atoms with Crippen LogP contribution in [0.15, 0.2) is 42.5 Å². The third-order valence-corrected chi connectivity index (χ3v) is 4.30. The van der Waals surface area contributed by atoms with Crippen molar-refractivity contribution in [2.24, 2.45) is 0 Å². The second-order valence-corrected chi connectivity index (χ2v) is 5.97. The van der Waals surface area contributed by atoms with Gasteiger partial charge in [0.25, 0.3) is 0 Å². The fourth-order valence-corrected chi connectivity index (χ4v) is 2.80. The molecule has 1 unspecified atom stereocenters. The Morgan fingerprint density at radius 3 is 2.28 bits per heavy atom. The predicted molar refractivity (Wildman–Crippen MR) is 84.3 cm³/mol. The van der Waals surface area contributed by atoms with Crippen LogP contribution >= 0.6 is 0 Å². The van der Waals surface area contributed by atoms with E-state index < -0.39 is 23.4 Å². The van der Waals surface area contributed by atoms with E-state index in [1.807, 2.05) is 0 Å². The number of rotatable bonds is 3. The molecule has 1 aliphatic rings. The van der Waals surface area contributed by atoms with Crippen molar-refractivity contribution in [3.05, 3.63) is 70.8 Å². The summed E-state index contributed by atoms with van der Waals surface area (Å²) in [6.45, 7) is 1.41. The molecule has 6 heteroatoms. The van der Waals surface area contributed by atoms with E-state index in [1.165, 1.54) is 25.1 Å². The molecular formula is C19H15F5O. The number of hydrogen-bond donors (Lipinski definition) is 0. The topological polar surface area (TPSA) is 9.23 Å². The molecule has 0 saturated heterocycles. The number of benzene rings is 2. The largest absolute Gasteiger partial charge is 0.473 e. The Kier molecular flexibility index (Phi) is 4.31. The molecule has 1 nitrogen and oxygen atoms in total. The number of hydrogen-bond acceptors (Lipinski definition) is 1. The van der Waals surface area contributed by atoms with Crippen LogP contribution in [0.5, 0.6) is 5.75 Å². The Morgan fingerprint density at radius 1 is 0.960 bits per heavy atom. The van der Waals surface area contributed by atoms with Crippen molar-refractivity contribution in [3.63, 3.8) is 0 Å². The van der Waals surface area contributed by atoms with Crippen molar-refractivity contribution in [2.45, 2.75) is 31.5 Å². The minimum absolute atomic E-state index is 0.127. The van der Waals surface area contributed by atoms with E-state index in [9.17, 15) is 22.0 Å². The molecule has 0 fully saturated rings. The van der Waals surface area contributed by atoms with E-state index in [1.54, 1.807) is 12.1 Å². The van der Waals surface area contributed by atoms with Crippen LogP contribution in [0.25, 0.3) is 6.08 Å². The van der Waals surface area contributed by atoms with Crippen LogP contribution in [0.3, 0.4) is 0 Å². The third kappa shape index (κ3) is 3.25. The fraction of sp³-hybridized carbons (Fsp3) is 0.263. The van der Waals surface area contributed by atoms with Gasteiger partial charge >= 0.3 is 6.18 Å². The van der Waals surface area contributed by atoms with E-state index in [2.05, 4.69) is 0 Å². The van der Waals surface area contributed by atoms with Gasteiger partial charge in [0.15, 0.2) is 11.6 Å². The number of halogens is 5. The van der Waals surface area contributed by atoms with Gasteiger partial charge in [0.05, 0.1) is 0 Å². The summed E-state index contributed by atoms with van der Waals surface area (Å²) in [6.07, 6.45) is -2.10. The highest BCUT2D eigenvalue weighted by Crippen LogP contribution is 2.43. The lowest BCUT2D eigenvalue weighted by Gasteiger charge is -2.35. The standard InChI is InChI=1S/C19H15F5O/c1-2-18(19(22,23)24)8-7-14-5-3-13(11-17(14)25-18)9-12-4-6-15(20)16(21)10-12/h3-8,10-11H,2,9H2,1H3. The van der Waals surface area contributed by atoms with Gasteiger partial charge in [-0.1, -0.05) is 31.2 Å². The minimum Gasteiger partial charge on any atom is -0.473 e. The van der Waals surface area contributed by atoms with Gasteiger partial charge in [0.1, 0.15) is 5.75 Å². The Balaban J connectivity index is 1.90. The van der Waals surface area contributed by atoms with E-state index in [0.717, 1.165) is 18.2 Å². The fourth-order valence-electron chi connectivity index (χ4n) is 2.80. The van der Waals surface area contributed by atoms with Gasteiger partial charge in [0, 0.05) is 5.56 Å². The first kappa shape index (κ1) is 17.5. The maximum absolute atomic E-state index is 13.4. The van der Waals surface area contributed by atoms with Crippen molar-refractivity contribution < 1.29 is 26.7 Å². The minimum atomic E-state index is -4.54. The lowest BCUT2D eigenvalue weighted by Crippen LogP contribution is -2.49. The van der Waals surface area contributed by atoms with Crippen LogP contribution < -0.4 is 4.74 Å². The number of ether oxygens (including phenoxy) is 1. The van der Waals surface area contributed by atoms with Gasteiger partial charge in [-0.15, -0.1) is 0 Å². The first-order valence-electron chi connectivity index (χ1n) is 7.76. The highest BCUT2D eigenvalue weighted by atomic mass is 19.4. The zero-order valence-electron chi connectivity index (χ0n) is 13.3. The Bertz CT molecular complexity index is 825. The SMILES string of the molecule is CCC1(C(F)(F)F)C=Cc2ccc(Cc3ccc(F)c(F)c3)cc2O1. The molecule has 2 aromatic rings. The third-order valence-electron chi connectivity index (χ3n) is 4.30. The van der Waals surface area contributed by atoms with Gasteiger partial charge in [-0.05, 0) is 48.2 Å². The second-order valence-electron chi connectivity index (χ2n) is 5.97. The molecule has 0 aliphatic carbocycles. The zero-order chi connectivity index (χ0) is 18.2. The highest BCUT2D eigenvalue weighted by Gasteiger charge is 2.55. The van der Waals surface area contributed by atoms with Gasteiger partial charge in [-0.25, -0.2) is 8.78 Å². The molecule has 0 spiro atoms. The lowest BCUT2D eigenvalue weighted by molar-refractivity contribution is -0.230. The van der Waals surface area contributed by atoms with Crippen LogP contribution in [0.4, 0.5) is 22.0 Å². The molecule has 0 saturated carbocycles. The summed E-state index contributed by atoms with van der Waals surface area (Å²) in [4.78, 5) is 0. The first-order valence-corrected chi connectivity index (χ1v) is 7.76. The molecule has 0 bridgehead atoms. The van der Waals surface area contributed by atoms with E-state index in [0.29, 0.717) is 16.7 Å². The molecule has 3 rings (SSSR count). The van der Waals surface area contributed by atoms with Crippen LogP contribution in [0.1, 0.15) is 30.0 Å². The monoisotopic (exact) mass is 354 g/mol. The van der Waals surface area contributed by atoms with Crippen molar-refractivity contribution in [1.82, 2.24) is 0 Å². The van der Waals surface area contributed by atoms with Gasteiger partial charge in [-0.3, -0.25) is 0 Å². The van der Waals surface area contributed by atoms with E-state index >= 15 is 0 Å². The Morgan fingerprint density at radius 2 is 1.64 bits per heavy atom. The average Bonchev–Trinajstić information content (AvgIpc) is 2.56. The van der Waals surface area contributed by atoms with Gasteiger partial charge in [0.2, 0.25) is 5.60 Å². The molecule has 0 aromatic heterocycles. The second kappa shape index (κ2) is 6.17. The van der Waals surface area contributed by atoms with E-state index in [4.69, 9.17) is 4.74 Å². The maximum Gasteiger partial charge on any atom is 0.432 e. The molecule has 1 atom stereocenters. The molecular weight excluding hydrogens is 339 g/mol. The summed E-state index contributed by atoms with van der Waals surface area (Å²) in [5, 5.41) is 0. The summed E-state index contributed by atoms with van der Waals surface area (Å²) in [5.74, 6) is -1.78. The first-order chi connectivity index (χ1) is 11.7. The molecule has 1 aliphatic heterocycles. The summed E-state index contributed by atoms with van der Waals surface area (Å²) < 4.78 is 71.7. The van der Waals surface area contributed by atoms with Crippen LogP contribution in [-0.4, -0.2) is 11.8 Å². The van der Waals surface area contributed by atoms with Gasteiger partial charge < -0.3 is 4.74 Å². The lowest BCUT2D eigenvalue weighted by atomic mass is 9.93. The quantitative estimate of drug-likeness (QED) is 0.645. The number of alkyl halides is 3. The van der Waals surface area contributed by atoms with Gasteiger partial charge in [-0.2, -0.15) is 13.2 Å². The van der Waals surface area contributed by atoms with Crippen LogP contribution in [0.2, 0.25) is 0 Å². The van der Waals surface area contributed by atoms with Crippen LogP contribution in [0, 0.1) is 11.6 Å². The average molecular weight is 354 g/mol. The normalized spacial score (nSPS) is 19.4. The van der Waals surface area contributed by atoms with E-state index in [-0.39, 0.29) is 18.6 Å². The number of fused-ring (bicyclic) bond motifs is 1. The van der Waals surface area contributed by atoms with Crippen LogP contribution in [-0.2, 0) is 6.42 Å².